The van der Waals surface area contributed by atoms with Gasteiger partial charge in [0.05, 0.1) is 17.2 Å². The standard InChI is InChI=1S/C18H23N3O3S2/c1-13-15-10-14(11-19)4-5-16(15)25-17(13)26(23,24)21-8-6-18(22,7-9-21)12-20(2)3/h4-5,10,22H,6-9,12H2,1-3H3. The van der Waals surface area contributed by atoms with E-state index in [2.05, 4.69) is 6.07 Å². The fraction of sp³-hybridized carbons (Fsp3) is 0.500. The lowest BCUT2D eigenvalue weighted by Gasteiger charge is -2.38. The van der Waals surface area contributed by atoms with Crippen molar-refractivity contribution in [1.82, 2.24) is 9.21 Å². The van der Waals surface area contributed by atoms with Crippen LogP contribution in [0.4, 0.5) is 0 Å². The normalized spacial score (nSPS) is 18.3. The second-order valence-corrected chi connectivity index (χ2v) is 10.4. The number of sulfonamides is 1. The van der Waals surface area contributed by atoms with Crippen LogP contribution in [0, 0.1) is 18.3 Å². The quantitative estimate of drug-likeness (QED) is 0.860. The van der Waals surface area contributed by atoms with Crippen LogP contribution in [0.2, 0.25) is 0 Å². The van der Waals surface area contributed by atoms with Gasteiger partial charge in [0.2, 0.25) is 0 Å². The molecule has 1 aliphatic heterocycles. The van der Waals surface area contributed by atoms with E-state index in [0.29, 0.717) is 47.8 Å². The van der Waals surface area contributed by atoms with Gasteiger partial charge >= 0.3 is 0 Å². The van der Waals surface area contributed by atoms with Crippen LogP contribution in [0.25, 0.3) is 10.1 Å². The number of aryl methyl sites for hydroxylation is 1. The van der Waals surface area contributed by atoms with Crippen molar-refractivity contribution in [2.24, 2.45) is 0 Å². The van der Waals surface area contributed by atoms with Crippen LogP contribution in [-0.2, 0) is 10.0 Å². The van der Waals surface area contributed by atoms with Gasteiger partial charge in [0.15, 0.2) is 0 Å². The van der Waals surface area contributed by atoms with Crippen molar-refractivity contribution in [2.75, 3.05) is 33.7 Å². The fourth-order valence-electron chi connectivity index (χ4n) is 3.52. The summed E-state index contributed by atoms with van der Waals surface area (Å²) in [6, 6.07) is 7.34. The second-order valence-electron chi connectivity index (χ2n) is 7.20. The molecule has 1 aliphatic rings. The molecule has 0 saturated carbocycles. The van der Waals surface area contributed by atoms with Crippen molar-refractivity contribution < 1.29 is 13.5 Å². The lowest BCUT2D eigenvalue weighted by Crippen LogP contribution is -2.50. The molecular weight excluding hydrogens is 370 g/mol. The second kappa shape index (κ2) is 6.91. The SMILES string of the molecule is Cc1c(S(=O)(=O)N2CCC(O)(CN(C)C)CC2)sc2ccc(C#N)cc12. The van der Waals surface area contributed by atoms with E-state index in [1.807, 2.05) is 19.0 Å². The van der Waals surface area contributed by atoms with Crippen LogP contribution in [0.15, 0.2) is 22.4 Å². The molecule has 1 fully saturated rings. The highest BCUT2D eigenvalue weighted by Gasteiger charge is 2.38. The maximum atomic E-state index is 13.1. The summed E-state index contributed by atoms with van der Waals surface area (Å²) in [5.41, 5.74) is 0.372. The molecule has 2 heterocycles. The molecule has 140 valence electrons. The number of nitrogens with zero attached hydrogens (tertiary/aromatic N) is 3. The maximum absolute atomic E-state index is 13.1. The van der Waals surface area contributed by atoms with E-state index in [1.165, 1.54) is 15.6 Å². The number of fused-ring (bicyclic) bond motifs is 1. The zero-order valence-electron chi connectivity index (χ0n) is 15.2. The Bertz CT molecular complexity index is 965. The highest BCUT2D eigenvalue weighted by Crippen LogP contribution is 2.37. The Morgan fingerprint density at radius 2 is 2.00 bits per heavy atom. The molecule has 1 aromatic heterocycles. The molecule has 26 heavy (non-hydrogen) atoms. The van der Waals surface area contributed by atoms with E-state index >= 15 is 0 Å². The van der Waals surface area contributed by atoms with E-state index in [4.69, 9.17) is 5.26 Å². The summed E-state index contributed by atoms with van der Waals surface area (Å²) in [4.78, 5) is 1.92. The Balaban J connectivity index is 1.89. The minimum absolute atomic E-state index is 0.309. The van der Waals surface area contributed by atoms with E-state index in [-0.39, 0.29) is 0 Å². The van der Waals surface area contributed by atoms with Gasteiger partial charge in [-0.15, -0.1) is 11.3 Å². The van der Waals surface area contributed by atoms with E-state index < -0.39 is 15.6 Å². The first-order valence-electron chi connectivity index (χ1n) is 8.47. The highest BCUT2D eigenvalue weighted by atomic mass is 32.2. The molecule has 0 bridgehead atoms. The Labute approximate surface area is 158 Å². The predicted octanol–water partition coefficient (Wildman–Crippen LogP) is 2.16. The van der Waals surface area contributed by atoms with Gasteiger partial charge in [0.25, 0.3) is 10.0 Å². The van der Waals surface area contributed by atoms with Gasteiger partial charge in [-0.05, 0) is 63.0 Å². The van der Waals surface area contributed by atoms with Gasteiger partial charge in [0.1, 0.15) is 4.21 Å². The number of benzene rings is 1. The predicted molar refractivity (Wildman–Crippen MR) is 103 cm³/mol. The van der Waals surface area contributed by atoms with Crippen LogP contribution < -0.4 is 0 Å². The molecular formula is C18H23N3O3S2. The lowest BCUT2D eigenvalue weighted by molar-refractivity contribution is -0.0234. The average Bonchev–Trinajstić information content (AvgIpc) is 2.91. The molecule has 1 saturated heterocycles. The van der Waals surface area contributed by atoms with Gasteiger partial charge in [0, 0.05) is 24.3 Å². The zero-order valence-corrected chi connectivity index (χ0v) is 16.8. The van der Waals surface area contributed by atoms with Crippen LogP contribution in [-0.4, -0.2) is 62.1 Å². The number of nitriles is 1. The van der Waals surface area contributed by atoms with E-state index in [9.17, 15) is 13.5 Å². The first-order valence-corrected chi connectivity index (χ1v) is 10.7. The van der Waals surface area contributed by atoms with Gasteiger partial charge in [-0.2, -0.15) is 9.57 Å². The summed E-state index contributed by atoms with van der Waals surface area (Å²) < 4.78 is 29.0. The summed E-state index contributed by atoms with van der Waals surface area (Å²) in [6.45, 7) is 2.94. The topological polar surface area (TPSA) is 84.6 Å². The minimum Gasteiger partial charge on any atom is -0.388 e. The zero-order chi connectivity index (χ0) is 19.1. The van der Waals surface area contributed by atoms with Gasteiger partial charge < -0.3 is 10.0 Å². The Hall–Kier alpha value is -1.50. The highest BCUT2D eigenvalue weighted by molar-refractivity contribution is 7.91. The van der Waals surface area contributed by atoms with Crippen LogP contribution in [0.1, 0.15) is 24.0 Å². The third kappa shape index (κ3) is 3.50. The van der Waals surface area contributed by atoms with Gasteiger partial charge in [-0.3, -0.25) is 0 Å². The summed E-state index contributed by atoms with van der Waals surface area (Å²) in [5, 5.41) is 20.5. The molecule has 0 unspecified atom stereocenters. The van der Waals surface area contributed by atoms with Crippen molar-refractivity contribution >= 4 is 31.4 Å². The number of likely N-dealkylation sites (N-methyl/N-ethyl adjacent to an activating group) is 1. The van der Waals surface area contributed by atoms with Crippen LogP contribution in [0.3, 0.4) is 0 Å². The number of piperidine rings is 1. The largest absolute Gasteiger partial charge is 0.388 e. The molecule has 3 rings (SSSR count). The molecule has 1 N–H and O–H groups in total. The first-order chi connectivity index (χ1) is 12.2. The molecule has 0 amide bonds. The minimum atomic E-state index is -3.61. The number of rotatable bonds is 4. The molecule has 0 spiro atoms. The fourth-order valence-corrected chi connectivity index (χ4v) is 6.84. The molecule has 2 aromatic rings. The Kier molecular flexibility index (Phi) is 5.12. The molecule has 6 nitrogen and oxygen atoms in total. The number of thiophene rings is 1. The third-order valence-electron chi connectivity index (χ3n) is 4.86. The monoisotopic (exact) mass is 393 g/mol. The van der Waals surface area contributed by atoms with Crippen molar-refractivity contribution in [1.29, 1.82) is 5.26 Å². The van der Waals surface area contributed by atoms with E-state index in [1.54, 1.807) is 25.1 Å². The average molecular weight is 394 g/mol. The van der Waals surface area contributed by atoms with Crippen molar-refractivity contribution in [3.63, 3.8) is 0 Å². The molecule has 1 aromatic carbocycles. The lowest BCUT2D eigenvalue weighted by atomic mass is 9.92. The van der Waals surface area contributed by atoms with Crippen molar-refractivity contribution in [2.45, 2.75) is 29.6 Å². The summed E-state index contributed by atoms with van der Waals surface area (Å²) in [5.74, 6) is 0. The molecule has 0 aliphatic carbocycles. The summed E-state index contributed by atoms with van der Waals surface area (Å²) in [7, 11) is 0.191. The van der Waals surface area contributed by atoms with Crippen molar-refractivity contribution in [3.8, 4) is 6.07 Å². The van der Waals surface area contributed by atoms with Crippen LogP contribution in [0.5, 0.6) is 0 Å². The Morgan fingerprint density at radius 1 is 1.35 bits per heavy atom. The number of hydrogen-bond donors (Lipinski definition) is 1. The summed E-state index contributed by atoms with van der Waals surface area (Å²) >= 11 is 1.24. The smallest absolute Gasteiger partial charge is 0.252 e. The Morgan fingerprint density at radius 3 is 2.58 bits per heavy atom. The van der Waals surface area contributed by atoms with E-state index in [0.717, 1.165) is 10.1 Å². The molecule has 8 heteroatoms. The molecule has 0 radical (unpaired) electrons. The number of hydrogen-bond acceptors (Lipinski definition) is 6. The summed E-state index contributed by atoms with van der Waals surface area (Å²) in [6.07, 6.45) is 0.847. The van der Waals surface area contributed by atoms with Gasteiger partial charge in [-0.25, -0.2) is 8.42 Å². The van der Waals surface area contributed by atoms with Gasteiger partial charge in [-0.1, -0.05) is 0 Å². The van der Waals surface area contributed by atoms with Crippen molar-refractivity contribution in [3.05, 3.63) is 29.3 Å². The third-order valence-corrected chi connectivity index (χ3v) is 8.63. The first kappa shape index (κ1) is 19.3. The molecule has 0 atom stereocenters. The number of aliphatic hydroxyl groups is 1. The maximum Gasteiger partial charge on any atom is 0.252 e. The van der Waals surface area contributed by atoms with Crippen LogP contribution >= 0.6 is 11.3 Å².